The largest absolute Gasteiger partial charge is 0.373 e. The van der Waals surface area contributed by atoms with Gasteiger partial charge < -0.3 is 36.4 Å². The fourth-order valence-electron chi connectivity index (χ4n) is 8.15. The summed E-state index contributed by atoms with van der Waals surface area (Å²) < 4.78 is 1.72. The normalized spacial score (nSPS) is 14.6. The first kappa shape index (κ1) is 43.8. The van der Waals surface area contributed by atoms with Crippen molar-refractivity contribution in [3.63, 3.8) is 0 Å². The number of pyridine rings is 3. The van der Waals surface area contributed by atoms with Gasteiger partial charge in [-0.1, -0.05) is 19.3 Å². The Morgan fingerprint density at radius 2 is 1.60 bits per heavy atom. The van der Waals surface area contributed by atoms with Crippen molar-refractivity contribution >= 4 is 63.4 Å². The fourth-order valence-corrected chi connectivity index (χ4v) is 8.15. The zero-order valence-electron chi connectivity index (χ0n) is 36.5. The zero-order valence-corrected chi connectivity index (χ0v) is 36.5. The Bertz CT molecular complexity index is 2370. The molecule has 1 amide bonds. The number of amides is 1. The number of carbonyl (C=O) groups excluding carboxylic acids is 2. The van der Waals surface area contributed by atoms with Gasteiger partial charge in [-0.3, -0.25) is 23.9 Å². The maximum absolute atomic E-state index is 13.6. The molecule has 5 N–H and O–H groups in total. The molecule has 1 aliphatic heterocycles. The second-order valence-electron chi connectivity index (χ2n) is 16.2. The summed E-state index contributed by atoms with van der Waals surface area (Å²) in [5, 5.41) is 25.0. The summed E-state index contributed by atoms with van der Waals surface area (Å²) in [6.45, 7) is 10.6. The van der Waals surface area contributed by atoms with Gasteiger partial charge in [-0.2, -0.15) is 4.98 Å². The predicted octanol–water partition coefficient (Wildman–Crippen LogP) is 5.10. The summed E-state index contributed by atoms with van der Waals surface area (Å²) >= 11 is 0. The van der Waals surface area contributed by atoms with E-state index in [0.29, 0.717) is 58.4 Å². The summed E-state index contributed by atoms with van der Waals surface area (Å²) in [5.41, 5.74) is 2.65. The first-order valence-corrected chi connectivity index (χ1v) is 21.7. The van der Waals surface area contributed by atoms with Gasteiger partial charge in [0.2, 0.25) is 5.95 Å². The van der Waals surface area contributed by atoms with E-state index in [0.717, 1.165) is 102 Å². The maximum atomic E-state index is 13.6. The Kier molecular flexibility index (Phi) is 14.5. The van der Waals surface area contributed by atoms with Crippen molar-refractivity contribution in [1.82, 2.24) is 44.9 Å². The number of aromatic nitrogens is 7. The molecular weight excluding hydrogens is 787 g/mol. The van der Waals surface area contributed by atoms with Gasteiger partial charge in [0, 0.05) is 84.6 Å². The molecule has 5 aromatic rings. The first-order chi connectivity index (χ1) is 30.1. The molecule has 0 spiro atoms. The van der Waals surface area contributed by atoms with Crippen LogP contribution >= 0.6 is 0 Å². The van der Waals surface area contributed by atoms with Gasteiger partial charge in [-0.15, -0.1) is 10.2 Å². The Balaban J connectivity index is 0.806. The molecule has 1 saturated heterocycles. The van der Waals surface area contributed by atoms with E-state index < -0.39 is 0 Å². The second-order valence-corrected chi connectivity index (χ2v) is 16.2. The number of anilines is 7. The van der Waals surface area contributed by atoms with Crippen LogP contribution < -0.4 is 41.9 Å². The lowest BCUT2D eigenvalue weighted by molar-refractivity contribution is 0.101. The van der Waals surface area contributed by atoms with Crippen LogP contribution in [-0.4, -0.2) is 125 Å². The van der Waals surface area contributed by atoms with Crippen molar-refractivity contribution in [2.24, 2.45) is 0 Å². The number of hydrogen-bond acceptors (Lipinski definition) is 16. The van der Waals surface area contributed by atoms with Crippen LogP contribution in [0, 0.1) is 6.92 Å². The molecule has 6 heterocycles. The van der Waals surface area contributed by atoms with E-state index in [-0.39, 0.29) is 28.9 Å². The van der Waals surface area contributed by atoms with E-state index in [9.17, 15) is 14.4 Å². The predicted molar refractivity (Wildman–Crippen MR) is 246 cm³/mol. The van der Waals surface area contributed by atoms with Crippen LogP contribution in [0.4, 0.5) is 40.7 Å². The average Bonchev–Trinajstić information content (AvgIpc) is 3.81. The molecule has 0 radical (unpaired) electrons. The number of nitrogens with zero attached hydrogens (tertiary/aromatic N) is 10. The number of hydrogen-bond donors (Lipinski definition) is 5. The summed E-state index contributed by atoms with van der Waals surface area (Å²) in [4.78, 5) is 64.4. The third-order valence-corrected chi connectivity index (χ3v) is 11.6. The smallest absolute Gasteiger partial charge is 0.263 e. The summed E-state index contributed by atoms with van der Waals surface area (Å²) in [7, 11) is 5.57. The zero-order chi connectivity index (χ0) is 43.6. The quantitative estimate of drug-likeness (QED) is 0.0542. The number of fused-ring (bicyclic) bond motifs is 1. The minimum atomic E-state index is -0.301. The third-order valence-electron chi connectivity index (χ3n) is 11.6. The molecule has 2 aliphatic rings. The molecule has 18 nitrogen and oxygen atoms in total. The highest BCUT2D eigenvalue weighted by molar-refractivity contribution is 6.07. The first-order valence-electron chi connectivity index (χ1n) is 21.7. The molecule has 7 rings (SSSR count). The lowest BCUT2D eigenvalue weighted by atomic mass is 10.0. The number of carbonyl (C=O) groups is 2. The van der Waals surface area contributed by atoms with Gasteiger partial charge in [-0.05, 0) is 88.0 Å². The second kappa shape index (κ2) is 20.5. The lowest BCUT2D eigenvalue weighted by Gasteiger charge is -2.36. The van der Waals surface area contributed by atoms with Crippen LogP contribution in [0.2, 0.25) is 0 Å². The highest BCUT2D eigenvalue weighted by Crippen LogP contribution is 2.32. The van der Waals surface area contributed by atoms with E-state index in [4.69, 9.17) is 4.98 Å². The highest BCUT2D eigenvalue weighted by Gasteiger charge is 2.26. The summed E-state index contributed by atoms with van der Waals surface area (Å²) in [5.74, 6) is 2.72. The molecule has 1 saturated carbocycles. The number of ketones is 1. The Morgan fingerprint density at radius 3 is 2.29 bits per heavy atom. The summed E-state index contributed by atoms with van der Waals surface area (Å²) in [6, 6.07) is 11.1. The number of piperazine rings is 1. The molecular formula is C44H59N15O3. The Hall–Kier alpha value is -6.27. The van der Waals surface area contributed by atoms with Crippen molar-refractivity contribution in [1.29, 1.82) is 0 Å². The van der Waals surface area contributed by atoms with Crippen LogP contribution in [0.15, 0.2) is 53.6 Å². The molecule has 0 bridgehead atoms. The number of unbranched alkanes of at least 4 members (excludes halogenated alkanes) is 2. The number of rotatable bonds is 19. The third kappa shape index (κ3) is 10.6. The van der Waals surface area contributed by atoms with E-state index in [1.165, 1.54) is 6.92 Å². The van der Waals surface area contributed by atoms with Crippen LogP contribution in [0.25, 0.3) is 11.0 Å². The van der Waals surface area contributed by atoms with Crippen LogP contribution in [0.1, 0.15) is 84.2 Å². The number of Topliss-reactive ketones (excluding diaryl/α,β-unsaturated/α-hetero) is 1. The SMILES string of the molecule is CNc1ccc(C(=O)Nc2ccc(N(C)C)nn2)c(NCCCCCNCCN2CCN(c3ccc(Nc4ncc5c(C)c(C(C)=O)c(=O)n(C6CCCC6)c5n4)nc3)CC2)n1. The lowest BCUT2D eigenvalue weighted by Crippen LogP contribution is -2.48. The van der Waals surface area contributed by atoms with E-state index in [1.807, 2.05) is 31.3 Å². The number of nitrogens with one attached hydrogen (secondary N) is 5. The van der Waals surface area contributed by atoms with Gasteiger partial charge in [-0.25, -0.2) is 15.0 Å². The van der Waals surface area contributed by atoms with Gasteiger partial charge in [0.15, 0.2) is 17.4 Å². The van der Waals surface area contributed by atoms with Crippen LogP contribution in [0.5, 0.6) is 0 Å². The highest BCUT2D eigenvalue weighted by atomic mass is 16.2. The average molecular weight is 846 g/mol. The minimum absolute atomic E-state index is 0.0199. The van der Waals surface area contributed by atoms with Crippen LogP contribution in [0.3, 0.4) is 0 Å². The Morgan fingerprint density at radius 1 is 0.839 bits per heavy atom. The van der Waals surface area contributed by atoms with Crippen molar-refractivity contribution in [2.45, 2.75) is 64.8 Å². The van der Waals surface area contributed by atoms with Gasteiger partial charge in [0.25, 0.3) is 11.5 Å². The molecule has 18 heteroatoms. The van der Waals surface area contributed by atoms with Gasteiger partial charge in [0.1, 0.15) is 23.1 Å². The van der Waals surface area contributed by atoms with E-state index in [2.05, 4.69) is 67.6 Å². The minimum Gasteiger partial charge on any atom is -0.373 e. The number of aryl methyl sites for hydroxylation is 1. The van der Waals surface area contributed by atoms with E-state index >= 15 is 0 Å². The summed E-state index contributed by atoms with van der Waals surface area (Å²) in [6.07, 6.45) is 10.5. The molecule has 328 valence electrons. The van der Waals surface area contributed by atoms with Gasteiger partial charge in [0.05, 0.1) is 23.0 Å². The molecule has 0 aromatic carbocycles. The molecule has 1 aliphatic carbocycles. The van der Waals surface area contributed by atoms with Crippen LogP contribution in [-0.2, 0) is 0 Å². The molecule has 2 fully saturated rings. The fraction of sp³-hybridized carbons (Fsp3) is 0.477. The maximum Gasteiger partial charge on any atom is 0.263 e. The topological polar surface area (TPSA) is 203 Å². The standard InChI is InChI=1S/C44H59N15O3/c1-29-34-28-49-44(53-41(34)59(31-11-7-8-12-31)43(62)39(29)30(2)60)52-36-15-13-32(27-48-36)58-25-23-57(24-26-58)22-21-46-19-9-6-10-20-47-40-33(14-16-35(45-3)50-40)42(61)51-37-17-18-38(55-54-37)56(4)5/h13-18,27-28,31,46H,6-12,19-26H2,1-5H3,(H2,45,47,50)(H,51,54,61)(H,48,49,52,53). The van der Waals surface area contributed by atoms with Crippen molar-refractivity contribution in [3.05, 3.63) is 75.8 Å². The molecule has 0 unspecified atom stereocenters. The molecule has 0 atom stereocenters. The van der Waals surface area contributed by atoms with Crippen molar-refractivity contribution in [3.8, 4) is 0 Å². The molecule has 62 heavy (non-hydrogen) atoms. The van der Waals surface area contributed by atoms with Crippen molar-refractivity contribution in [2.75, 3.05) is 105 Å². The van der Waals surface area contributed by atoms with Crippen molar-refractivity contribution < 1.29 is 9.59 Å². The molecule has 5 aromatic heterocycles. The van der Waals surface area contributed by atoms with E-state index in [1.54, 1.807) is 49.0 Å². The van der Waals surface area contributed by atoms with Gasteiger partial charge >= 0.3 is 0 Å². The monoisotopic (exact) mass is 845 g/mol. The Labute approximate surface area is 362 Å².